The molecule has 1 aromatic heterocycles. The van der Waals surface area contributed by atoms with Crippen LogP contribution in [-0.4, -0.2) is 23.7 Å². The molecule has 0 aliphatic carbocycles. The van der Waals surface area contributed by atoms with Crippen molar-refractivity contribution < 1.29 is 23.5 Å². The van der Waals surface area contributed by atoms with Gasteiger partial charge in [-0.15, -0.1) is 0 Å². The third-order valence-corrected chi connectivity index (χ3v) is 5.09. The molecule has 1 unspecified atom stereocenters. The van der Waals surface area contributed by atoms with E-state index in [9.17, 15) is 14.4 Å². The first-order chi connectivity index (χ1) is 15.9. The van der Waals surface area contributed by atoms with Crippen LogP contribution in [0.15, 0.2) is 57.7 Å². The lowest BCUT2D eigenvalue weighted by Crippen LogP contribution is -2.45. The van der Waals surface area contributed by atoms with Gasteiger partial charge < -0.3 is 19.2 Å². The van der Waals surface area contributed by atoms with Crippen molar-refractivity contribution >= 4 is 23.0 Å². The van der Waals surface area contributed by atoms with Crippen LogP contribution in [0.4, 0.5) is 4.79 Å². The van der Waals surface area contributed by atoms with Crippen molar-refractivity contribution in [3.05, 3.63) is 64.5 Å². The number of benzene rings is 2. The fraction of sp³-hybridized carbons (Fsp3) is 0.370. The molecule has 0 spiro atoms. The molecule has 34 heavy (non-hydrogen) atoms. The van der Waals surface area contributed by atoms with E-state index in [2.05, 4.69) is 5.32 Å². The maximum absolute atomic E-state index is 13.0. The Balaban J connectivity index is 1.92. The van der Waals surface area contributed by atoms with E-state index in [0.29, 0.717) is 17.6 Å². The molecule has 0 fully saturated rings. The highest BCUT2D eigenvalue weighted by molar-refractivity contribution is 5.96. The molecule has 7 nitrogen and oxygen atoms in total. The number of aryl methyl sites for hydroxylation is 1. The van der Waals surface area contributed by atoms with E-state index in [-0.39, 0.29) is 11.7 Å². The van der Waals surface area contributed by atoms with Crippen LogP contribution in [0, 0.1) is 12.8 Å². The van der Waals surface area contributed by atoms with E-state index >= 15 is 0 Å². The summed E-state index contributed by atoms with van der Waals surface area (Å²) in [6, 6.07) is 13.5. The summed E-state index contributed by atoms with van der Waals surface area (Å²) in [5.74, 6) is -0.245. The van der Waals surface area contributed by atoms with Gasteiger partial charge >= 0.3 is 17.7 Å². The molecule has 3 aromatic rings. The molecule has 0 aliphatic heterocycles. The molecule has 180 valence electrons. The normalized spacial score (nSPS) is 12.4. The first-order valence-corrected chi connectivity index (χ1v) is 11.3. The van der Waals surface area contributed by atoms with Crippen LogP contribution in [-0.2, 0) is 9.53 Å². The van der Waals surface area contributed by atoms with Crippen LogP contribution in [0.1, 0.15) is 46.6 Å². The Labute approximate surface area is 199 Å². The minimum atomic E-state index is -0.896. The van der Waals surface area contributed by atoms with E-state index in [1.54, 1.807) is 39.8 Å². The number of esters is 1. The lowest BCUT2D eigenvalue weighted by Gasteiger charge is -2.24. The number of amides is 1. The second-order valence-electron chi connectivity index (χ2n) is 9.66. The van der Waals surface area contributed by atoms with Crippen molar-refractivity contribution in [1.29, 1.82) is 0 Å². The molecule has 0 saturated heterocycles. The third kappa shape index (κ3) is 6.25. The number of fused-ring (bicyclic) bond motifs is 1. The minimum Gasteiger partial charge on any atom is -0.444 e. The summed E-state index contributed by atoms with van der Waals surface area (Å²) in [5, 5.41) is 3.34. The molecule has 1 atom stereocenters. The number of alkyl carbamates (subject to hydrolysis) is 1. The van der Waals surface area contributed by atoms with Gasteiger partial charge in [0.15, 0.2) is 0 Å². The largest absolute Gasteiger partial charge is 0.444 e. The van der Waals surface area contributed by atoms with Gasteiger partial charge in [0.1, 0.15) is 23.0 Å². The molecule has 0 aliphatic rings. The summed E-state index contributed by atoms with van der Waals surface area (Å²) < 4.78 is 16.4. The summed E-state index contributed by atoms with van der Waals surface area (Å²) in [5.41, 5.74) is 1.28. The first-order valence-electron chi connectivity index (χ1n) is 11.3. The van der Waals surface area contributed by atoms with Crippen molar-refractivity contribution in [2.45, 2.75) is 59.6 Å². The molecule has 0 radical (unpaired) electrons. The molecule has 0 bridgehead atoms. The number of carbonyl (C=O) groups excluding carboxylic acids is 2. The average molecular weight is 466 g/mol. The molecular formula is C27H31NO6. The zero-order valence-electron chi connectivity index (χ0n) is 20.4. The number of rotatable bonds is 6. The van der Waals surface area contributed by atoms with Crippen molar-refractivity contribution in [2.75, 3.05) is 0 Å². The van der Waals surface area contributed by atoms with Gasteiger partial charge in [-0.3, -0.25) is 0 Å². The van der Waals surface area contributed by atoms with E-state index in [4.69, 9.17) is 13.9 Å². The summed E-state index contributed by atoms with van der Waals surface area (Å²) >= 11 is 0. The highest BCUT2D eigenvalue weighted by Gasteiger charge is 2.27. The zero-order chi connectivity index (χ0) is 25.0. The van der Waals surface area contributed by atoms with E-state index < -0.39 is 29.3 Å². The summed E-state index contributed by atoms with van der Waals surface area (Å²) in [6.45, 7) is 10.9. The molecule has 0 saturated carbocycles. The number of hydrogen-bond acceptors (Lipinski definition) is 6. The number of nitrogens with one attached hydrogen (secondary N) is 1. The monoisotopic (exact) mass is 465 g/mol. The Morgan fingerprint density at radius 2 is 1.74 bits per heavy atom. The van der Waals surface area contributed by atoms with Gasteiger partial charge in [-0.2, -0.15) is 0 Å². The van der Waals surface area contributed by atoms with Gasteiger partial charge in [0.2, 0.25) is 0 Å². The van der Waals surface area contributed by atoms with Crippen LogP contribution in [0.25, 0.3) is 22.1 Å². The Bertz CT molecular complexity index is 1240. The highest BCUT2D eigenvalue weighted by atomic mass is 16.6. The Morgan fingerprint density at radius 3 is 2.35 bits per heavy atom. The van der Waals surface area contributed by atoms with Gasteiger partial charge in [0.05, 0.1) is 0 Å². The standard InChI is InChI=1S/C27H31NO6/c1-16(2)14-21(28-26(31)34-27(4,5)6)25(30)32-22-13-12-19-20(18-10-8-7-9-11-18)15-23(29)33-24(19)17(22)3/h7-13,15-16,21H,14H2,1-6H3,(H,28,31). The lowest BCUT2D eigenvalue weighted by molar-refractivity contribution is -0.137. The molecule has 2 aromatic carbocycles. The smallest absolute Gasteiger partial charge is 0.408 e. The number of hydrogen-bond donors (Lipinski definition) is 1. The van der Waals surface area contributed by atoms with E-state index in [1.165, 1.54) is 6.07 Å². The quantitative estimate of drug-likeness (QED) is 0.289. The van der Waals surface area contributed by atoms with Crippen molar-refractivity contribution in [3.63, 3.8) is 0 Å². The van der Waals surface area contributed by atoms with Crippen LogP contribution in [0.3, 0.4) is 0 Å². The average Bonchev–Trinajstić information content (AvgIpc) is 2.74. The molecule has 1 heterocycles. The van der Waals surface area contributed by atoms with Gasteiger partial charge in [0.25, 0.3) is 0 Å². The predicted molar refractivity (Wildman–Crippen MR) is 131 cm³/mol. The second-order valence-corrected chi connectivity index (χ2v) is 9.66. The highest BCUT2D eigenvalue weighted by Crippen LogP contribution is 2.33. The Kier molecular flexibility index (Phi) is 7.44. The molecule has 1 amide bonds. The molecule has 1 N–H and O–H groups in total. The van der Waals surface area contributed by atoms with Crippen LogP contribution in [0.2, 0.25) is 0 Å². The van der Waals surface area contributed by atoms with Crippen molar-refractivity contribution in [1.82, 2.24) is 5.32 Å². The summed E-state index contributed by atoms with van der Waals surface area (Å²) in [7, 11) is 0. The van der Waals surface area contributed by atoms with E-state index in [0.717, 1.165) is 16.5 Å². The molecular weight excluding hydrogens is 434 g/mol. The number of carbonyl (C=O) groups is 2. The SMILES string of the molecule is Cc1c(OC(=O)C(CC(C)C)NC(=O)OC(C)(C)C)ccc2c(-c3ccccc3)cc(=O)oc12. The van der Waals surface area contributed by atoms with Gasteiger partial charge in [-0.1, -0.05) is 44.2 Å². The topological polar surface area (TPSA) is 94.8 Å². The Hall–Kier alpha value is -3.61. The van der Waals surface area contributed by atoms with E-state index in [1.807, 2.05) is 44.2 Å². The van der Waals surface area contributed by atoms with Crippen LogP contribution >= 0.6 is 0 Å². The summed E-state index contributed by atoms with van der Waals surface area (Å²) in [4.78, 5) is 37.6. The predicted octanol–water partition coefficient (Wildman–Crippen LogP) is 5.61. The van der Waals surface area contributed by atoms with Gasteiger partial charge in [-0.05, 0) is 63.3 Å². The fourth-order valence-corrected chi connectivity index (χ4v) is 3.62. The number of ether oxygens (including phenoxy) is 2. The van der Waals surface area contributed by atoms with Gasteiger partial charge in [-0.25, -0.2) is 14.4 Å². The molecule has 7 heteroatoms. The van der Waals surface area contributed by atoms with Crippen LogP contribution in [0.5, 0.6) is 5.75 Å². The second kappa shape index (κ2) is 10.1. The molecule has 3 rings (SSSR count). The Morgan fingerprint density at radius 1 is 1.06 bits per heavy atom. The minimum absolute atomic E-state index is 0.122. The maximum Gasteiger partial charge on any atom is 0.408 e. The van der Waals surface area contributed by atoms with Crippen molar-refractivity contribution in [3.8, 4) is 16.9 Å². The van der Waals surface area contributed by atoms with Crippen molar-refractivity contribution in [2.24, 2.45) is 5.92 Å². The van der Waals surface area contributed by atoms with Crippen LogP contribution < -0.4 is 15.7 Å². The fourth-order valence-electron chi connectivity index (χ4n) is 3.62. The third-order valence-electron chi connectivity index (χ3n) is 5.09. The lowest BCUT2D eigenvalue weighted by atomic mass is 10.00. The zero-order valence-corrected chi connectivity index (χ0v) is 20.4. The van der Waals surface area contributed by atoms with Gasteiger partial charge in [0, 0.05) is 17.0 Å². The summed E-state index contributed by atoms with van der Waals surface area (Å²) in [6.07, 6.45) is -0.318. The maximum atomic E-state index is 13.0. The first kappa shape index (κ1) is 25.0.